The van der Waals surface area contributed by atoms with Crippen molar-refractivity contribution < 1.29 is 9.47 Å². The van der Waals surface area contributed by atoms with E-state index in [1.807, 2.05) is 6.92 Å². The molecule has 2 fully saturated rings. The van der Waals surface area contributed by atoms with Gasteiger partial charge in [-0.3, -0.25) is 0 Å². The number of ether oxygens (including phenoxy) is 2. The van der Waals surface area contributed by atoms with Crippen LogP contribution in [-0.4, -0.2) is 19.5 Å². The Bertz CT molecular complexity index is 199. The number of hydrogen-bond donors (Lipinski definition) is 0. The summed E-state index contributed by atoms with van der Waals surface area (Å²) in [5.74, 6) is 1.53. The highest BCUT2D eigenvalue weighted by atomic mass is 16.7. The molecule has 0 N–H and O–H groups in total. The van der Waals surface area contributed by atoms with E-state index in [1.54, 1.807) is 0 Å². The van der Waals surface area contributed by atoms with E-state index in [2.05, 4.69) is 13.8 Å². The molecule has 15 heavy (non-hydrogen) atoms. The summed E-state index contributed by atoms with van der Waals surface area (Å²) in [6.45, 7) is 8.57. The second kappa shape index (κ2) is 4.42. The monoisotopic (exact) mass is 212 g/mol. The minimum Gasteiger partial charge on any atom is -0.353 e. The molecule has 0 aromatic heterocycles. The van der Waals surface area contributed by atoms with Crippen LogP contribution in [0.3, 0.4) is 0 Å². The molecule has 88 valence electrons. The van der Waals surface area contributed by atoms with Gasteiger partial charge in [-0.2, -0.15) is 0 Å². The normalized spacial score (nSPS) is 47.8. The second-order valence-corrected chi connectivity index (χ2v) is 5.77. The van der Waals surface area contributed by atoms with Crippen LogP contribution in [0.15, 0.2) is 0 Å². The first kappa shape index (κ1) is 11.4. The quantitative estimate of drug-likeness (QED) is 0.664. The van der Waals surface area contributed by atoms with Crippen LogP contribution in [-0.2, 0) is 9.47 Å². The van der Waals surface area contributed by atoms with Crippen molar-refractivity contribution in [2.45, 2.75) is 52.7 Å². The Labute approximate surface area is 93.3 Å². The largest absolute Gasteiger partial charge is 0.353 e. The van der Waals surface area contributed by atoms with Gasteiger partial charge in [-0.05, 0) is 31.1 Å². The van der Waals surface area contributed by atoms with Crippen molar-refractivity contribution in [2.24, 2.45) is 17.3 Å². The van der Waals surface area contributed by atoms with E-state index in [1.165, 1.54) is 25.7 Å². The Morgan fingerprint density at radius 1 is 1.00 bits per heavy atom. The van der Waals surface area contributed by atoms with E-state index in [9.17, 15) is 0 Å². The van der Waals surface area contributed by atoms with Gasteiger partial charge in [-0.1, -0.05) is 26.7 Å². The van der Waals surface area contributed by atoms with Crippen molar-refractivity contribution in [3.8, 4) is 0 Å². The highest BCUT2D eigenvalue weighted by molar-refractivity contribution is 4.87. The number of hydrogen-bond acceptors (Lipinski definition) is 2. The van der Waals surface area contributed by atoms with Crippen LogP contribution in [0.1, 0.15) is 46.5 Å². The maximum absolute atomic E-state index is 5.61. The van der Waals surface area contributed by atoms with Crippen LogP contribution >= 0.6 is 0 Å². The van der Waals surface area contributed by atoms with Crippen LogP contribution in [0.2, 0.25) is 0 Å². The van der Waals surface area contributed by atoms with Gasteiger partial charge in [0.2, 0.25) is 0 Å². The predicted octanol–water partition coefficient (Wildman–Crippen LogP) is 3.21. The third-order valence-corrected chi connectivity index (χ3v) is 4.47. The molecular formula is C13H24O2. The molecular weight excluding hydrogens is 188 g/mol. The Morgan fingerprint density at radius 3 is 2.07 bits per heavy atom. The maximum atomic E-state index is 5.61. The Morgan fingerprint density at radius 2 is 1.53 bits per heavy atom. The van der Waals surface area contributed by atoms with E-state index in [4.69, 9.17) is 9.47 Å². The van der Waals surface area contributed by atoms with Crippen molar-refractivity contribution in [3.63, 3.8) is 0 Å². The zero-order valence-corrected chi connectivity index (χ0v) is 10.3. The molecule has 0 bridgehead atoms. The average molecular weight is 212 g/mol. The lowest BCUT2D eigenvalue weighted by molar-refractivity contribution is -0.212. The van der Waals surface area contributed by atoms with Gasteiger partial charge in [0.25, 0.3) is 0 Å². The van der Waals surface area contributed by atoms with Gasteiger partial charge in [0, 0.05) is 5.92 Å². The average Bonchev–Trinajstić information content (AvgIpc) is 2.24. The standard InChI is InChI=1S/C13H24O2/c1-10-4-6-13(3,7-5-10)12-8-14-11(2)15-9-12/h10-12H,4-9H2,1-3H3. The predicted molar refractivity (Wildman–Crippen MR) is 60.6 cm³/mol. The van der Waals surface area contributed by atoms with Crippen molar-refractivity contribution in [1.29, 1.82) is 0 Å². The molecule has 0 unspecified atom stereocenters. The van der Waals surface area contributed by atoms with Gasteiger partial charge in [0.15, 0.2) is 6.29 Å². The molecule has 1 saturated heterocycles. The highest BCUT2D eigenvalue weighted by Crippen LogP contribution is 2.45. The summed E-state index contributed by atoms with van der Waals surface area (Å²) in [5, 5.41) is 0. The van der Waals surface area contributed by atoms with Crippen LogP contribution in [0, 0.1) is 17.3 Å². The highest BCUT2D eigenvalue weighted by Gasteiger charge is 2.39. The molecule has 1 saturated carbocycles. The second-order valence-electron chi connectivity index (χ2n) is 5.77. The summed E-state index contributed by atoms with van der Waals surface area (Å²) in [4.78, 5) is 0. The van der Waals surface area contributed by atoms with Gasteiger partial charge >= 0.3 is 0 Å². The molecule has 1 heterocycles. The number of rotatable bonds is 1. The molecule has 0 spiro atoms. The van der Waals surface area contributed by atoms with Crippen molar-refractivity contribution in [2.75, 3.05) is 13.2 Å². The summed E-state index contributed by atoms with van der Waals surface area (Å²) in [5.41, 5.74) is 0.465. The van der Waals surface area contributed by atoms with Gasteiger partial charge < -0.3 is 9.47 Å². The first-order valence-electron chi connectivity index (χ1n) is 6.33. The van der Waals surface area contributed by atoms with E-state index in [0.29, 0.717) is 11.3 Å². The summed E-state index contributed by atoms with van der Waals surface area (Å²) < 4.78 is 11.2. The minimum atomic E-state index is 0.00682. The fourth-order valence-corrected chi connectivity index (χ4v) is 2.83. The van der Waals surface area contributed by atoms with Crippen molar-refractivity contribution in [1.82, 2.24) is 0 Å². The zero-order valence-electron chi connectivity index (χ0n) is 10.3. The fourth-order valence-electron chi connectivity index (χ4n) is 2.83. The molecule has 1 aliphatic carbocycles. The Balaban J connectivity index is 1.91. The maximum Gasteiger partial charge on any atom is 0.154 e. The molecule has 0 aromatic rings. The summed E-state index contributed by atoms with van der Waals surface area (Å²) in [6, 6.07) is 0. The van der Waals surface area contributed by atoms with E-state index < -0.39 is 0 Å². The molecule has 2 heteroatoms. The topological polar surface area (TPSA) is 18.5 Å². The van der Waals surface area contributed by atoms with Gasteiger partial charge in [-0.15, -0.1) is 0 Å². The third kappa shape index (κ3) is 2.54. The van der Waals surface area contributed by atoms with Crippen LogP contribution in [0.5, 0.6) is 0 Å². The third-order valence-electron chi connectivity index (χ3n) is 4.47. The minimum absolute atomic E-state index is 0.00682. The van der Waals surface area contributed by atoms with E-state index in [0.717, 1.165) is 19.1 Å². The van der Waals surface area contributed by atoms with Crippen molar-refractivity contribution in [3.05, 3.63) is 0 Å². The van der Waals surface area contributed by atoms with E-state index in [-0.39, 0.29) is 6.29 Å². The van der Waals surface area contributed by atoms with Gasteiger partial charge in [0.05, 0.1) is 13.2 Å². The SMILES string of the molecule is CC1CCC(C)(C2COC(C)OC2)CC1. The Kier molecular flexibility index (Phi) is 3.36. The molecule has 0 amide bonds. The lowest BCUT2D eigenvalue weighted by Gasteiger charge is -2.44. The van der Waals surface area contributed by atoms with Crippen LogP contribution < -0.4 is 0 Å². The molecule has 0 aromatic carbocycles. The molecule has 2 aliphatic rings. The van der Waals surface area contributed by atoms with Gasteiger partial charge in [-0.25, -0.2) is 0 Å². The molecule has 2 rings (SSSR count). The smallest absolute Gasteiger partial charge is 0.154 e. The lowest BCUT2D eigenvalue weighted by Crippen LogP contribution is -2.42. The fraction of sp³-hybridized carbons (Fsp3) is 1.00. The van der Waals surface area contributed by atoms with Crippen LogP contribution in [0.4, 0.5) is 0 Å². The zero-order chi connectivity index (χ0) is 10.9. The lowest BCUT2D eigenvalue weighted by atomic mass is 9.65. The van der Waals surface area contributed by atoms with Gasteiger partial charge in [0.1, 0.15) is 0 Å². The first-order chi connectivity index (χ1) is 7.10. The molecule has 2 nitrogen and oxygen atoms in total. The van der Waals surface area contributed by atoms with Crippen LogP contribution in [0.25, 0.3) is 0 Å². The summed E-state index contributed by atoms with van der Waals surface area (Å²) in [7, 11) is 0. The Hall–Kier alpha value is -0.0800. The summed E-state index contributed by atoms with van der Waals surface area (Å²) >= 11 is 0. The first-order valence-corrected chi connectivity index (χ1v) is 6.33. The molecule has 0 radical (unpaired) electrons. The molecule has 1 aliphatic heterocycles. The van der Waals surface area contributed by atoms with Crippen molar-refractivity contribution >= 4 is 0 Å². The molecule has 0 atom stereocenters. The van der Waals surface area contributed by atoms with E-state index >= 15 is 0 Å². The summed E-state index contributed by atoms with van der Waals surface area (Å²) in [6.07, 6.45) is 5.46.